The number of halogens is 1. The minimum absolute atomic E-state index is 0.0987. The lowest BCUT2D eigenvalue weighted by Crippen LogP contribution is -2.26. The van der Waals surface area contributed by atoms with E-state index in [4.69, 9.17) is 30.5 Å². The lowest BCUT2D eigenvalue weighted by Gasteiger charge is -2.24. The number of unbranched alkanes of at least 4 members (excludes halogenated alkanes) is 2. The molecule has 1 aliphatic carbocycles. The maximum absolute atomic E-state index is 13.9. The highest BCUT2D eigenvalue weighted by Crippen LogP contribution is 2.52. The van der Waals surface area contributed by atoms with Gasteiger partial charge in [0.25, 0.3) is 0 Å². The van der Waals surface area contributed by atoms with Gasteiger partial charge in [0, 0.05) is 27.5 Å². The monoisotopic (exact) mass is 652 g/mol. The fourth-order valence-corrected chi connectivity index (χ4v) is 6.58. The maximum atomic E-state index is 13.9. The Hall–Kier alpha value is -3.62. The second-order valence-corrected chi connectivity index (χ2v) is 13.1. The molecule has 3 aromatic carbocycles. The van der Waals surface area contributed by atoms with Crippen LogP contribution in [0, 0.1) is 0 Å². The van der Waals surface area contributed by atoms with Crippen LogP contribution >= 0.6 is 11.6 Å². The molecule has 2 unspecified atom stereocenters. The summed E-state index contributed by atoms with van der Waals surface area (Å²) in [6, 6.07) is 12.7. The molecule has 0 N–H and O–H groups in total. The molecular weight excluding hydrogens is 612 g/mol. The summed E-state index contributed by atoms with van der Waals surface area (Å²) in [7, 11) is -1.55. The number of allylic oxidation sites excluding steroid dienone is 4. The molecule has 240 valence electrons. The Morgan fingerprint density at radius 1 is 0.867 bits per heavy atom. The third kappa shape index (κ3) is 8.56. The van der Waals surface area contributed by atoms with Crippen LogP contribution in [0.15, 0.2) is 76.6 Å². The van der Waals surface area contributed by atoms with E-state index in [2.05, 4.69) is 0 Å². The predicted molar refractivity (Wildman–Crippen MR) is 178 cm³/mol. The zero-order valence-corrected chi connectivity index (χ0v) is 27.9. The molecule has 0 saturated carbocycles. The first kappa shape index (κ1) is 34.3. The molecule has 9 heteroatoms. The van der Waals surface area contributed by atoms with Crippen molar-refractivity contribution in [3.05, 3.63) is 72.3 Å². The van der Waals surface area contributed by atoms with Gasteiger partial charge in [0.2, 0.25) is 11.5 Å². The molecule has 3 aromatic rings. The average molecular weight is 653 g/mol. The number of esters is 2. The van der Waals surface area contributed by atoms with Crippen molar-refractivity contribution in [3.8, 4) is 23.0 Å². The number of carbonyl (C=O) groups is 2. The highest BCUT2D eigenvalue weighted by atomic mass is 35.5. The lowest BCUT2D eigenvalue weighted by atomic mass is 9.96. The van der Waals surface area contributed by atoms with E-state index in [0.29, 0.717) is 46.6 Å². The number of hydrogen-bond acceptors (Lipinski definition) is 7. The van der Waals surface area contributed by atoms with Crippen LogP contribution in [0.1, 0.15) is 71.8 Å². The van der Waals surface area contributed by atoms with Gasteiger partial charge in [-0.05, 0) is 55.5 Å². The van der Waals surface area contributed by atoms with E-state index in [9.17, 15) is 13.8 Å². The number of aryl methyl sites for hydroxylation is 1. The topological polar surface area (TPSA) is 88.1 Å². The first-order valence-electron chi connectivity index (χ1n) is 15.5. The van der Waals surface area contributed by atoms with Gasteiger partial charge >= 0.3 is 11.9 Å². The molecule has 0 aliphatic heterocycles. The number of rotatable bonds is 15. The minimum Gasteiger partial charge on any atom is -0.486 e. The van der Waals surface area contributed by atoms with Crippen LogP contribution in [0.4, 0.5) is 0 Å². The summed E-state index contributed by atoms with van der Waals surface area (Å²) in [5.41, 5.74) is 0.966. The molecule has 0 bridgehead atoms. The van der Waals surface area contributed by atoms with Gasteiger partial charge in [-0.2, -0.15) is 0 Å². The van der Waals surface area contributed by atoms with Crippen molar-refractivity contribution < 1.29 is 32.7 Å². The van der Waals surface area contributed by atoms with E-state index in [1.807, 2.05) is 63.3 Å². The standard InChI is InChI=1S/C36H41ClO7S/c1-5-8-21-41-34-32(43-25(4)38)28-18-17-27(45(40)30-16-12-11-15-26(30)7-3)23-29(28)33(35(34)42-22-9-6-2)44-31(39)24-36(37)19-13-10-14-20-36/h10-19,23H,5-9,20-22,24H2,1-4H3. The highest BCUT2D eigenvalue weighted by molar-refractivity contribution is 7.85. The van der Waals surface area contributed by atoms with Crippen molar-refractivity contribution in [2.45, 2.75) is 87.3 Å². The van der Waals surface area contributed by atoms with Gasteiger partial charge in [0.1, 0.15) is 0 Å². The van der Waals surface area contributed by atoms with Gasteiger partial charge in [-0.3, -0.25) is 9.59 Å². The smallest absolute Gasteiger partial charge is 0.313 e. The summed E-state index contributed by atoms with van der Waals surface area (Å²) in [5.74, 6) is -0.541. The highest BCUT2D eigenvalue weighted by Gasteiger charge is 2.32. The summed E-state index contributed by atoms with van der Waals surface area (Å²) in [5, 5.41) is 0.851. The van der Waals surface area contributed by atoms with Crippen molar-refractivity contribution in [2.24, 2.45) is 0 Å². The number of alkyl halides is 1. The molecule has 4 rings (SSSR count). The summed E-state index contributed by atoms with van der Waals surface area (Å²) < 4.78 is 38.3. The molecule has 0 radical (unpaired) electrons. The van der Waals surface area contributed by atoms with Gasteiger partial charge < -0.3 is 18.9 Å². The third-order valence-corrected chi connectivity index (χ3v) is 9.25. The molecule has 0 aromatic heterocycles. The van der Waals surface area contributed by atoms with E-state index in [1.165, 1.54) is 6.92 Å². The maximum Gasteiger partial charge on any atom is 0.313 e. The summed E-state index contributed by atoms with van der Waals surface area (Å²) in [4.78, 5) is 26.2. The van der Waals surface area contributed by atoms with Crippen molar-refractivity contribution in [1.82, 2.24) is 0 Å². The fraction of sp³-hybridized carbons (Fsp3) is 0.389. The Kier molecular flexibility index (Phi) is 12.3. The van der Waals surface area contributed by atoms with Gasteiger partial charge in [0.15, 0.2) is 11.5 Å². The van der Waals surface area contributed by atoms with Crippen LogP contribution in [0.3, 0.4) is 0 Å². The van der Waals surface area contributed by atoms with Crippen LogP contribution < -0.4 is 18.9 Å². The van der Waals surface area contributed by atoms with Gasteiger partial charge in [-0.1, -0.05) is 76.1 Å². The molecule has 0 fully saturated rings. The second kappa shape index (κ2) is 16.1. The molecular formula is C36H41ClO7S. The largest absolute Gasteiger partial charge is 0.486 e. The van der Waals surface area contributed by atoms with Crippen LogP contribution in [0.2, 0.25) is 0 Å². The third-order valence-electron chi connectivity index (χ3n) is 7.35. The normalized spacial score (nSPS) is 16.4. The fourth-order valence-electron chi connectivity index (χ4n) is 4.98. The van der Waals surface area contributed by atoms with Gasteiger partial charge in [-0.25, -0.2) is 4.21 Å². The summed E-state index contributed by atoms with van der Waals surface area (Å²) >= 11 is 6.77. The van der Waals surface area contributed by atoms with Gasteiger partial charge in [0.05, 0.1) is 35.3 Å². The van der Waals surface area contributed by atoms with Crippen LogP contribution in [0.5, 0.6) is 23.0 Å². The van der Waals surface area contributed by atoms with Crippen molar-refractivity contribution in [2.75, 3.05) is 13.2 Å². The van der Waals surface area contributed by atoms with E-state index in [0.717, 1.165) is 31.2 Å². The van der Waals surface area contributed by atoms with E-state index in [-0.39, 0.29) is 29.4 Å². The molecule has 0 saturated heterocycles. The zero-order valence-electron chi connectivity index (χ0n) is 26.4. The molecule has 0 amide bonds. The van der Waals surface area contributed by atoms with Gasteiger partial charge in [-0.15, -0.1) is 11.6 Å². The minimum atomic E-state index is -1.55. The molecule has 0 heterocycles. The second-order valence-electron chi connectivity index (χ2n) is 10.9. The Morgan fingerprint density at radius 2 is 1.53 bits per heavy atom. The molecule has 45 heavy (non-hydrogen) atoms. The van der Waals surface area contributed by atoms with Crippen molar-refractivity contribution in [3.63, 3.8) is 0 Å². The molecule has 2 atom stereocenters. The number of carbonyl (C=O) groups excluding carboxylic acids is 2. The van der Waals surface area contributed by atoms with Crippen molar-refractivity contribution in [1.29, 1.82) is 0 Å². The molecule has 7 nitrogen and oxygen atoms in total. The molecule has 0 spiro atoms. The zero-order chi connectivity index (χ0) is 32.4. The number of hydrogen-bond donors (Lipinski definition) is 0. The van der Waals surface area contributed by atoms with Crippen LogP contribution in [0.25, 0.3) is 10.8 Å². The predicted octanol–water partition coefficient (Wildman–Crippen LogP) is 8.64. The SMILES string of the molecule is CCCCOc1c(OCCCC)c(OC(=O)CC2(Cl)C=CC=CC2)c2cc(S(=O)c3ccccc3CC)ccc2c1OC(C)=O. The van der Waals surface area contributed by atoms with Crippen molar-refractivity contribution >= 4 is 45.1 Å². The lowest BCUT2D eigenvalue weighted by molar-refractivity contribution is -0.135. The Morgan fingerprint density at radius 3 is 2.13 bits per heavy atom. The Bertz CT molecular complexity index is 1610. The number of benzene rings is 3. The quantitative estimate of drug-likeness (QED) is 0.0703. The number of ether oxygens (including phenoxy) is 4. The summed E-state index contributed by atoms with van der Waals surface area (Å²) in [6.45, 7) is 8.03. The summed E-state index contributed by atoms with van der Waals surface area (Å²) in [6.07, 6.45) is 11.7. The average Bonchev–Trinajstić information content (AvgIpc) is 3.03. The first-order valence-corrected chi connectivity index (χ1v) is 17.0. The van der Waals surface area contributed by atoms with E-state index >= 15 is 0 Å². The Labute approximate surface area is 273 Å². The van der Waals surface area contributed by atoms with Crippen LogP contribution in [-0.2, 0) is 26.8 Å². The van der Waals surface area contributed by atoms with E-state index in [1.54, 1.807) is 24.3 Å². The molecule has 1 aliphatic rings. The van der Waals surface area contributed by atoms with E-state index < -0.39 is 27.6 Å². The first-order chi connectivity index (χ1) is 21.7. The Balaban J connectivity index is 1.95. The number of fused-ring (bicyclic) bond motifs is 1. The van der Waals surface area contributed by atoms with Crippen LogP contribution in [-0.4, -0.2) is 34.2 Å².